The van der Waals surface area contributed by atoms with Crippen molar-refractivity contribution in [2.75, 3.05) is 0 Å². The SMILES string of the molecule is CC(C)c1ccc(Cn2cccc(C(F)(F)F)c2=O)cc1. The number of rotatable bonds is 3. The summed E-state index contributed by atoms with van der Waals surface area (Å²) in [6.07, 6.45) is -3.25. The molecule has 112 valence electrons. The normalized spacial score (nSPS) is 11.9. The lowest BCUT2D eigenvalue weighted by Crippen LogP contribution is -2.28. The highest BCUT2D eigenvalue weighted by Crippen LogP contribution is 2.26. The largest absolute Gasteiger partial charge is 0.421 e. The molecule has 0 aliphatic heterocycles. The molecule has 0 amide bonds. The van der Waals surface area contributed by atoms with Crippen molar-refractivity contribution in [2.45, 2.75) is 32.5 Å². The molecule has 0 radical (unpaired) electrons. The molecule has 0 aliphatic rings. The summed E-state index contributed by atoms with van der Waals surface area (Å²) in [5.74, 6) is 0.385. The highest BCUT2D eigenvalue weighted by molar-refractivity contribution is 5.25. The van der Waals surface area contributed by atoms with Crippen molar-refractivity contribution in [3.05, 3.63) is 69.6 Å². The van der Waals surface area contributed by atoms with Crippen LogP contribution in [0.5, 0.6) is 0 Å². The zero-order valence-corrected chi connectivity index (χ0v) is 11.8. The van der Waals surface area contributed by atoms with E-state index >= 15 is 0 Å². The lowest BCUT2D eigenvalue weighted by Gasteiger charge is -2.11. The van der Waals surface area contributed by atoms with Crippen LogP contribution in [-0.4, -0.2) is 4.57 Å². The second-order valence-corrected chi connectivity index (χ2v) is 5.25. The van der Waals surface area contributed by atoms with Crippen LogP contribution in [-0.2, 0) is 12.7 Å². The molecule has 0 saturated carbocycles. The highest BCUT2D eigenvalue weighted by atomic mass is 19.4. The van der Waals surface area contributed by atoms with E-state index in [-0.39, 0.29) is 6.54 Å². The molecule has 0 fully saturated rings. The van der Waals surface area contributed by atoms with E-state index in [4.69, 9.17) is 0 Å². The fourth-order valence-corrected chi connectivity index (χ4v) is 2.08. The molecule has 0 unspecified atom stereocenters. The molecule has 0 N–H and O–H groups in total. The molecule has 5 heteroatoms. The van der Waals surface area contributed by atoms with Gasteiger partial charge in [0.1, 0.15) is 5.56 Å². The van der Waals surface area contributed by atoms with Crippen molar-refractivity contribution in [1.29, 1.82) is 0 Å². The van der Waals surface area contributed by atoms with Crippen LogP contribution < -0.4 is 5.56 Å². The van der Waals surface area contributed by atoms with E-state index in [1.807, 2.05) is 24.3 Å². The van der Waals surface area contributed by atoms with E-state index in [0.717, 1.165) is 21.8 Å². The van der Waals surface area contributed by atoms with Gasteiger partial charge in [0.2, 0.25) is 0 Å². The minimum atomic E-state index is -4.62. The number of aromatic nitrogens is 1. The summed E-state index contributed by atoms with van der Waals surface area (Å²) < 4.78 is 39.2. The third kappa shape index (κ3) is 3.54. The van der Waals surface area contributed by atoms with E-state index in [0.29, 0.717) is 5.92 Å². The van der Waals surface area contributed by atoms with Crippen molar-refractivity contribution < 1.29 is 13.2 Å². The van der Waals surface area contributed by atoms with Gasteiger partial charge >= 0.3 is 6.18 Å². The summed E-state index contributed by atoms with van der Waals surface area (Å²) in [5.41, 5.74) is -0.210. The van der Waals surface area contributed by atoms with Crippen molar-refractivity contribution >= 4 is 0 Å². The molecule has 2 aromatic rings. The molecular formula is C16H16F3NO. The van der Waals surface area contributed by atoms with Gasteiger partial charge in [0, 0.05) is 6.20 Å². The van der Waals surface area contributed by atoms with E-state index < -0.39 is 17.3 Å². The summed E-state index contributed by atoms with van der Waals surface area (Å²) in [6.45, 7) is 4.25. The van der Waals surface area contributed by atoms with Gasteiger partial charge in [0.15, 0.2) is 0 Å². The summed E-state index contributed by atoms with van der Waals surface area (Å²) in [7, 11) is 0. The van der Waals surface area contributed by atoms with Crippen LogP contribution in [0.3, 0.4) is 0 Å². The molecule has 0 spiro atoms. The van der Waals surface area contributed by atoms with E-state index in [1.54, 1.807) is 0 Å². The van der Waals surface area contributed by atoms with Crippen molar-refractivity contribution in [1.82, 2.24) is 4.57 Å². The molecular weight excluding hydrogens is 279 g/mol. The van der Waals surface area contributed by atoms with Gasteiger partial charge in [-0.15, -0.1) is 0 Å². The van der Waals surface area contributed by atoms with Crippen LogP contribution >= 0.6 is 0 Å². The fraction of sp³-hybridized carbons (Fsp3) is 0.312. The lowest BCUT2D eigenvalue weighted by molar-refractivity contribution is -0.138. The average molecular weight is 295 g/mol. The molecule has 0 saturated heterocycles. The molecule has 1 aromatic heterocycles. The Hall–Kier alpha value is -2.04. The number of pyridine rings is 1. The predicted octanol–water partition coefficient (Wildman–Crippen LogP) is 4.04. The van der Waals surface area contributed by atoms with E-state index in [1.165, 1.54) is 12.3 Å². The Labute approximate surface area is 120 Å². The molecule has 1 heterocycles. The smallest absolute Gasteiger partial charge is 0.311 e. The summed E-state index contributed by atoms with van der Waals surface area (Å²) >= 11 is 0. The first kappa shape index (κ1) is 15.4. The van der Waals surface area contributed by atoms with Crippen molar-refractivity contribution in [3.63, 3.8) is 0 Å². The first-order chi connectivity index (χ1) is 9.79. The molecule has 2 rings (SSSR count). The minimum Gasteiger partial charge on any atom is -0.311 e. The Morgan fingerprint density at radius 3 is 2.24 bits per heavy atom. The van der Waals surface area contributed by atoms with Gasteiger partial charge in [-0.05, 0) is 29.2 Å². The second-order valence-electron chi connectivity index (χ2n) is 5.25. The number of hydrogen-bond acceptors (Lipinski definition) is 1. The number of halogens is 3. The topological polar surface area (TPSA) is 22.0 Å². The lowest BCUT2D eigenvalue weighted by atomic mass is 10.0. The van der Waals surface area contributed by atoms with Gasteiger partial charge in [-0.2, -0.15) is 13.2 Å². The summed E-state index contributed by atoms with van der Waals surface area (Å²) in [5, 5.41) is 0. The third-order valence-corrected chi connectivity index (χ3v) is 3.32. The maximum atomic E-state index is 12.7. The van der Waals surface area contributed by atoms with E-state index in [2.05, 4.69) is 13.8 Å². The quantitative estimate of drug-likeness (QED) is 0.837. The second kappa shape index (κ2) is 5.76. The maximum absolute atomic E-state index is 12.7. The van der Waals surface area contributed by atoms with Crippen molar-refractivity contribution in [2.24, 2.45) is 0 Å². The molecule has 21 heavy (non-hydrogen) atoms. The molecule has 1 aromatic carbocycles. The first-order valence-electron chi connectivity index (χ1n) is 6.64. The Kier molecular flexibility index (Phi) is 4.21. The van der Waals surface area contributed by atoms with Gasteiger partial charge in [0.05, 0.1) is 6.54 Å². The zero-order valence-electron chi connectivity index (χ0n) is 11.8. The third-order valence-electron chi connectivity index (χ3n) is 3.32. The van der Waals surface area contributed by atoms with Gasteiger partial charge in [-0.25, -0.2) is 0 Å². The summed E-state index contributed by atoms with van der Waals surface area (Å²) in [4.78, 5) is 11.8. The standard InChI is InChI=1S/C16H16F3NO/c1-11(2)13-7-5-12(6-8-13)10-20-9-3-4-14(15(20)21)16(17,18)19/h3-9,11H,10H2,1-2H3. The van der Waals surface area contributed by atoms with Crippen LogP contribution in [0.1, 0.15) is 36.5 Å². The van der Waals surface area contributed by atoms with Gasteiger partial charge in [-0.3, -0.25) is 4.79 Å². The van der Waals surface area contributed by atoms with Crippen LogP contribution in [0.2, 0.25) is 0 Å². The van der Waals surface area contributed by atoms with Gasteiger partial charge in [-0.1, -0.05) is 38.1 Å². The maximum Gasteiger partial charge on any atom is 0.421 e. The Morgan fingerprint density at radius 2 is 1.71 bits per heavy atom. The van der Waals surface area contributed by atoms with Gasteiger partial charge in [0.25, 0.3) is 5.56 Å². The average Bonchev–Trinajstić information content (AvgIpc) is 2.40. The fourth-order valence-electron chi connectivity index (χ4n) is 2.08. The van der Waals surface area contributed by atoms with E-state index in [9.17, 15) is 18.0 Å². The predicted molar refractivity (Wildman–Crippen MR) is 75.3 cm³/mol. The Bertz CT molecular complexity index is 669. The molecule has 0 bridgehead atoms. The molecule has 2 nitrogen and oxygen atoms in total. The summed E-state index contributed by atoms with van der Waals surface area (Å²) in [6, 6.07) is 9.58. The Morgan fingerprint density at radius 1 is 1.10 bits per heavy atom. The first-order valence-corrected chi connectivity index (χ1v) is 6.64. The van der Waals surface area contributed by atoms with Crippen molar-refractivity contribution in [3.8, 4) is 0 Å². The van der Waals surface area contributed by atoms with Crippen LogP contribution in [0.25, 0.3) is 0 Å². The minimum absolute atomic E-state index is 0.126. The van der Waals surface area contributed by atoms with Gasteiger partial charge < -0.3 is 4.57 Å². The number of alkyl halides is 3. The Balaban J connectivity index is 2.30. The van der Waals surface area contributed by atoms with Crippen LogP contribution in [0.15, 0.2) is 47.4 Å². The molecule has 0 aliphatic carbocycles. The number of benzene rings is 1. The number of nitrogens with zero attached hydrogens (tertiary/aromatic N) is 1. The zero-order chi connectivity index (χ0) is 15.6. The molecule has 0 atom stereocenters. The monoisotopic (exact) mass is 295 g/mol. The highest BCUT2D eigenvalue weighted by Gasteiger charge is 2.34. The number of hydrogen-bond donors (Lipinski definition) is 0. The van der Waals surface area contributed by atoms with Crippen LogP contribution in [0.4, 0.5) is 13.2 Å². The van der Waals surface area contributed by atoms with Crippen LogP contribution in [0, 0.1) is 0 Å².